The van der Waals surface area contributed by atoms with Crippen LogP contribution < -0.4 is 20.7 Å². The van der Waals surface area contributed by atoms with Gasteiger partial charge in [0.15, 0.2) is 23.3 Å². The molecule has 1 aromatic carbocycles. The number of methoxy groups -OCH3 is 1. The fourth-order valence-corrected chi connectivity index (χ4v) is 3.56. The molecule has 0 bridgehead atoms. The lowest BCUT2D eigenvalue weighted by atomic mass is 10.1. The second-order valence-corrected chi connectivity index (χ2v) is 7.65. The predicted octanol–water partition coefficient (Wildman–Crippen LogP) is 2.41. The number of ether oxygens (including phenoxy) is 1. The summed E-state index contributed by atoms with van der Waals surface area (Å²) >= 11 is 0. The maximum Gasteiger partial charge on any atom is 0.228 e. The van der Waals surface area contributed by atoms with E-state index in [4.69, 9.17) is 4.74 Å². The number of carbonyl (C=O) groups excluding carboxylic acids is 2. The average Bonchev–Trinajstić information content (AvgIpc) is 3.59. The Morgan fingerprint density at radius 2 is 2.15 bits per heavy atom. The van der Waals surface area contributed by atoms with Gasteiger partial charge in [0, 0.05) is 19.0 Å². The van der Waals surface area contributed by atoms with Gasteiger partial charge in [-0.2, -0.15) is 5.10 Å². The van der Waals surface area contributed by atoms with Crippen molar-refractivity contribution in [3.8, 4) is 17.1 Å². The van der Waals surface area contributed by atoms with Crippen LogP contribution in [-0.4, -0.2) is 45.0 Å². The van der Waals surface area contributed by atoms with Gasteiger partial charge < -0.3 is 20.7 Å². The fraction of sp³-hybridized carbons (Fsp3) is 0.227. The van der Waals surface area contributed by atoms with Crippen molar-refractivity contribution in [2.24, 2.45) is 18.0 Å². The second-order valence-electron chi connectivity index (χ2n) is 7.65. The van der Waals surface area contributed by atoms with Gasteiger partial charge in [-0.25, -0.2) is 19.8 Å². The first-order valence-corrected chi connectivity index (χ1v) is 10.3. The number of rotatable bonds is 6. The van der Waals surface area contributed by atoms with Crippen LogP contribution in [0.1, 0.15) is 18.4 Å². The molecule has 33 heavy (non-hydrogen) atoms. The predicted molar refractivity (Wildman–Crippen MR) is 122 cm³/mol. The van der Waals surface area contributed by atoms with E-state index < -0.39 is 0 Å². The third-order valence-electron chi connectivity index (χ3n) is 5.28. The summed E-state index contributed by atoms with van der Waals surface area (Å²) in [5, 5.41) is 13.3. The Morgan fingerprint density at radius 1 is 1.30 bits per heavy atom. The standard InChI is InChI=1S/C22H20N8O3/c1-30-11-25-20(29-30)13-4-3-5-14(19(13)33-2)26-15-8-17(28-22(32)12-6-7-12)27-21-18(15)16(9-31)23-10-24-21/h3-5,8,10-12H,6-7H2,1-2H3,(H3,23,24,26,27,28,32). The van der Waals surface area contributed by atoms with Gasteiger partial charge in [-0.1, -0.05) is 6.07 Å². The van der Waals surface area contributed by atoms with Gasteiger partial charge in [0.1, 0.15) is 17.8 Å². The molecule has 0 atom stereocenters. The van der Waals surface area contributed by atoms with Crippen molar-refractivity contribution in [2.45, 2.75) is 12.8 Å². The van der Waals surface area contributed by atoms with Gasteiger partial charge >= 0.3 is 0 Å². The van der Waals surface area contributed by atoms with Crippen molar-refractivity contribution in [1.82, 2.24) is 25.1 Å². The number of nitrogens with zero attached hydrogens (tertiary/aromatic N) is 5. The van der Waals surface area contributed by atoms with Crippen molar-refractivity contribution in [1.29, 1.82) is 0 Å². The van der Waals surface area contributed by atoms with Crippen molar-refractivity contribution in [2.75, 3.05) is 17.7 Å². The third kappa shape index (κ3) is 3.92. The Morgan fingerprint density at radius 3 is 2.85 bits per heavy atom. The zero-order valence-electron chi connectivity index (χ0n) is 17.9. The number of hydrogen-bond acceptors (Lipinski definition) is 9. The van der Waals surface area contributed by atoms with Crippen molar-refractivity contribution in [3.63, 3.8) is 0 Å². The maximum atomic E-state index is 12.3. The van der Waals surface area contributed by atoms with E-state index in [0.29, 0.717) is 39.9 Å². The number of aromatic nitrogens is 4. The molecule has 3 N–H and O–H groups in total. The Bertz CT molecular complexity index is 1340. The van der Waals surface area contributed by atoms with Crippen LogP contribution in [0.3, 0.4) is 0 Å². The molecule has 0 radical (unpaired) electrons. The molecule has 11 heteroatoms. The van der Waals surface area contributed by atoms with Crippen molar-refractivity contribution >= 4 is 46.9 Å². The molecule has 166 valence electrons. The van der Waals surface area contributed by atoms with Gasteiger partial charge in [0.2, 0.25) is 5.91 Å². The van der Waals surface area contributed by atoms with Crippen molar-refractivity contribution < 1.29 is 14.3 Å². The van der Waals surface area contributed by atoms with E-state index in [-0.39, 0.29) is 23.3 Å². The number of anilines is 3. The summed E-state index contributed by atoms with van der Waals surface area (Å²) in [5.74, 6) is 3.45. The number of fused-ring (bicyclic) bond motifs is 1. The number of benzene rings is 1. The Kier molecular flexibility index (Phi) is 5.08. The zero-order chi connectivity index (χ0) is 22.9. The number of aliphatic imine (C=N–C) groups is 1. The van der Waals surface area contributed by atoms with E-state index in [2.05, 4.69) is 36.0 Å². The lowest BCUT2D eigenvalue weighted by molar-refractivity contribution is -0.117. The van der Waals surface area contributed by atoms with E-state index in [1.165, 1.54) is 6.34 Å². The Balaban J connectivity index is 1.59. The quantitative estimate of drug-likeness (QED) is 0.493. The fourth-order valence-electron chi connectivity index (χ4n) is 3.56. The first-order chi connectivity index (χ1) is 16.1. The van der Waals surface area contributed by atoms with E-state index in [1.54, 1.807) is 31.2 Å². The number of amides is 1. The van der Waals surface area contributed by atoms with E-state index in [1.807, 2.05) is 24.1 Å². The summed E-state index contributed by atoms with van der Waals surface area (Å²) in [7, 11) is 3.34. The molecular weight excluding hydrogens is 424 g/mol. The summed E-state index contributed by atoms with van der Waals surface area (Å²) in [5.41, 5.74) is 2.40. The number of nitrogens with one attached hydrogen (secondary N) is 3. The highest BCUT2D eigenvalue weighted by Crippen LogP contribution is 2.40. The summed E-state index contributed by atoms with van der Waals surface area (Å²) in [4.78, 5) is 36.9. The van der Waals surface area contributed by atoms with Gasteiger partial charge in [-0.05, 0) is 25.0 Å². The van der Waals surface area contributed by atoms with Gasteiger partial charge in [0.25, 0.3) is 0 Å². The SMILES string of the molecule is COc1c(Nc2cc(NC(=O)C3CC3)nc3c2C(=C=O)NC=N3)cccc1-c1ncn(C)n1. The molecule has 1 fully saturated rings. The molecule has 1 amide bonds. The molecule has 2 aliphatic rings. The van der Waals surface area contributed by atoms with Gasteiger partial charge in [0.05, 0.1) is 36.0 Å². The molecule has 2 aromatic heterocycles. The second kappa shape index (κ2) is 8.21. The normalized spacial score (nSPS) is 14.2. The van der Waals surface area contributed by atoms with E-state index in [0.717, 1.165) is 12.8 Å². The molecule has 0 spiro atoms. The number of aryl methyl sites for hydroxylation is 1. The van der Waals surface area contributed by atoms with E-state index >= 15 is 0 Å². The van der Waals surface area contributed by atoms with Crippen LogP contribution in [0.4, 0.5) is 23.0 Å². The van der Waals surface area contributed by atoms with Crippen LogP contribution in [0.5, 0.6) is 5.75 Å². The minimum absolute atomic E-state index is 0.0116. The lowest BCUT2D eigenvalue weighted by Crippen LogP contribution is -2.18. The number of para-hydroxylation sites is 1. The highest BCUT2D eigenvalue weighted by molar-refractivity contribution is 6.03. The average molecular weight is 444 g/mol. The number of carbonyl (C=O) groups is 1. The van der Waals surface area contributed by atoms with Crippen LogP contribution in [0.2, 0.25) is 0 Å². The largest absolute Gasteiger partial charge is 0.494 e. The molecule has 1 aliphatic heterocycles. The highest BCUT2D eigenvalue weighted by Gasteiger charge is 2.30. The van der Waals surface area contributed by atoms with Crippen molar-refractivity contribution in [3.05, 3.63) is 36.2 Å². The molecule has 3 heterocycles. The highest BCUT2D eigenvalue weighted by atomic mass is 16.5. The first-order valence-electron chi connectivity index (χ1n) is 10.3. The lowest BCUT2D eigenvalue weighted by Gasteiger charge is -2.20. The minimum atomic E-state index is -0.0849. The Hall–Kier alpha value is -4.50. The van der Waals surface area contributed by atoms with E-state index in [9.17, 15) is 9.59 Å². The molecule has 11 nitrogen and oxygen atoms in total. The van der Waals surface area contributed by atoms with Crippen LogP contribution in [0.15, 0.2) is 35.6 Å². The van der Waals surface area contributed by atoms with Crippen LogP contribution in [0, 0.1) is 5.92 Å². The molecule has 1 saturated carbocycles. The number of pyridine rings is 1. The first kappa shape index (κ1) is 20.4. The van der Waals surface area contributed by atoms with Gasteiger partial charge in [-0.15, -0.1) is 0 Å². The van der Waals surface area contributed by atoms with Gasteiger partial charge in [-0.3, -0.25) is 9.48 Å². The topological polar surface area (TPSA) is 135 Å². The van der Waals surface area contributed by atoms with Crippen LogP contribution >= 0.6 is 0 Å². The molecule has 1 aliphatic carbocycles. The summed E-state index contributed by atoms with van der Waals surface area (Å²) in [6.07, 6.45) is 4.70. The summed E-state index contributed by atoms with van der Waals surface area (Å²) in [6.45, 7) is 0. The molecule has 5 rings (SSSR count). The molecular formula is C22H20N8O3. The number of hydrogen-bond donors (Lipinski definition) is 3. The molecule has 0 saturated heterocycles. The monoisotopic (exact) mass is 444 g/mol. The maximum absolute atomic E-state index is 12.3. The smallest absolute Gasteiger partial charge is 0.228 e. The molecule has 0 unspecified atom stereocenters. The minimum Gasteiger partial charge on any atom is -0.494 e. The van der Waals surface area contributed by atoms with Crippen LogP contribution in [-0.2, 0) is 16.6 Å². The Labute approximate surface area is 188 Å². The summed E-state index contributed by atoms with van der Waals surface area (Å²) in [6, 6.07) is 7.17. The molecule has 3 aromatic rings. The van der Waals surface area contributed by atoms with Crippen LogP contribution in [0.25, 0.3) is 17.1 Å². The zero-order valence-corrected chi connectivity index (χ0v) is 17.9. The summed E-state index contributed by atoms with van der Waals surface area (Å²) < 4.78 is 7.28. The third-order valence-corrected chi connectivity index (χ3v) is 5.28.